The van der Waals surface area contributed by atoms with E-state index in [-0.39, 0.29) is 0 Å². The van der Waals surface area contributed by atoms with Gasteiger partial charge in [0.1, 0.15) is 0 Å². The molecule has 1 atom stereocenters. The van der Waals surface area contributed by atoms with Gasteiger partial charge in [0.05, 0.1) is 0 Å². The van der Waals surface area contributed by atoms with E-state index in [1.165, 1.54) is 0 Å². The maximum atomic E-state index is 12.8. The summed E-state index contributed by atoms with van der Waals surface area (Å²) < 4.78 is 156. The van der Waals surface area contributed by atoms with Gasteiger partial charge in [0.25, 0.3) is 0 Å². The van der Waals surface area contributed by atoms with Crippen LogP contribution in [0.4, 0.5) is 57.1 Å². The third-order valence-electron chi connectivity index (χ3n) is 2.05. The average molecular weight is 335 g/mol. The van der Waals surface area contributed by atoms with Gasteiger partial charge in [-0.05, 0) is 0 Å². The summed E-state index contributed by atoms with van der Waals surface area (Å²) in [6.45, 7) is 0. The zero-order chi connectivity index (χ0) is 17.0. The Morgan fingerprint density at radius 2 is 0.600 bits per heavy atom. The molecule has 0 saturated heterocycles. The molecule has 0 spiro atoms. The van der Waals surface area contributed by atoms with Gasteiger partial charge in [-0.25, -0.2) is 8.78 Å². The van der Waals surface area contributed by atoms with Crippen LogP contribution in [0.15, 0.2) is 0 Å². The zero-order valence-electron chi connectivity index (χ0n) is 8.32. The first kappa shape index (κ1) is 19.1. The Morgan fingerprint density at radius 1 is 0.400 bits per heavy atom. The Morgan fingerprint density at radius 3 is 0.650 bits per heavy atom. The summed E-state index contributed by atoms with van der Waals surface area (Å²) in [7, 11) is 0. The lowest BCUT2D eigenvalue weighted by molar-refractivity contribution is -0.482. The Hall–Kier alpha value is -0.950. The van der Waals surface area contributed by atoms with E-state index < -0.39 is 36.0 Å². The van der Waals surface area contributed by atoms with E-state index in [2.05, 4.69) is 0 Å². The fourth-order valence-electron chi connectivity index (χ4n) is 1.11. The molecule has 0 aromatic heterocycles. The normalized spacial score (nSPS) is 18.9. The van der Waals surface area contributed by atoms with Crippen molar-refractivity contribution in [2.24, 2.45) is 0 Å². The molecular formula is C6F13O. The van der Waals surface area contributed by atoms with Crippen molar-refractivity contribution in [2.75, 3.05) is 0 Å². The molecule has 0 fully saturated rings. The number of hydrogen-bond acceptors (Lipinski definition) is 0. The highest BCUT2D eigenvalue weighted by Crippen LogP contribution is 2.62. The Kier molecular flexibility index (Phi) is 4.07. The van der Waals surface area contributed by atoms with Crippen LogP contribution < -0.4 is 0 Å². The Balaban J connectivity index is 6.71. The number of hydrogen-bond donors (Lipinski definition) is 0. The van der Waals surface area contributed by atoms with Gasteiger partial charge >= 0.3 is 36.0 Å². The third kappa shape index (κ3) is 2.26. The summed E-state index contributed by atoms with van der Waals surface area (Å²) in [6, 6.07) is 0. The molecule has 20 heavy (non-hydrogen) atoms. The van der Waals surface area contributed by atoms with Gasteiger partial charge < -0.3 is 0 Å². The molecule has 1 unspecified atom stereocenters. The van der Waals surface area contributed by atoms with E-state index in [1.54, 1.807) is 0 Å². The highest BCUT2D eigenvalue weighted by molar-refractivity contribution is 5.17. The summed E-state index contributed by atoms with van der Waals surface area (Å²) in [5, 5.41) is 9.64. The van der Waals surface area contributed by atoms with E-state index in [4.69, 9.17) is 0 Å². The molecule has 0 aliphatic carbocycles. The fraction of sp³-hybridized carbons (Fsp3) is 1.00. The summed E-state index contributed by atoms with van der Waals surface area (Å²) in [5.74, 6) is 0. The second-order valence-electron chi connectivity index (χ2n) is 3.33. The van der Waals surface area contributed by atoms with Crippen LogP contribution in [0.5, 0.6) is 0 Å². The smallest absolute Gasteiger partial charge is 0.219 e. The minimum atomic E-state index is -8.16. The molecule has 0 aromatic rings. The molecule has 1 nitrogen and oxygen atoms in total. The predicted octanol–water partition coefficient (Wildman–Crippen LogP) is 4.11. The number of halogens is 13. The lowest BCUT2D eigenvalue weighted by Crippen LogP contribution is -2.76. The molecule has 0 saturated carbocycles. The summed E-state index contributed by atoms with van der Waals surface area (Å²) in [4.78, 5) is 0. The minimum absolute atomic E-state index is 7.62. The second kappa shape index (κ2) is 4.27. The highest BCUT2D eigenvalue weighted by atomic mass is 19.4. The molecule has 0 bridgehead atoms. The first-order valence-corrected chi connectivity index (χ1v) is 3.91. The molecular weight excluding hydrogens is 335 g/mol. The molecule has 0 aromatic carbocycles. The molecule has 121 valence electrons. The van der Waals surface area contributed by atoms with Gasteiger partial charge in [0.2, 0.25) is 0 Å². The minimum Gasteiger partial charge on any atom is -0.219 e. The van der Waals surface area contributed by atoms with Crippen LogP contribution in [0, 0.1) is 0 Å². The Bertz CT molecular complexity index is 289. The van der Waals surface area contributed by atoms with Crippen molar-refractivity contribution in [3.63, 3.8) is 0 Å². The van der Waals surface area contributed by atoms with E-state index in [1.807, 2.05) is 0 Å². The highest BCUT2D eigenvalue weighted by Gasteiger charge is 2.96. The van der Waals surface area contributed by atoms with Gasteiger partial charge in [-0.15, -0.1) is 0 Å². The molecule has 0 aliphatic rings. The van der Waals surface area contributed by atoms with E-state index in [0.29, 0.717) is 0 Å². The van der Waals surface area contributed by atoms with Crippen molar-refractivity contribution in [1.29, 1.82) is 0 Å². The molecule has 1 radical (unpaired) electrons. The molecule has 0 amide bonds. The van der Waals surface area contributed by atoms with Gasteiger partial charge in [0, 0.05) is 0 Å². The number of rotatable bonds is 2. The van der Waals surface area contributed by atoms with E-state index in [9.17, 15) is 62.2 Å². The van der Waals surface area contributed by atoms with Crippen molar-refractivity contribution >= 4 is 0 Å². The Labute approximate surface area is 99.5 Å². The van der Waals surface area contributed by atoms with Gasteiger partial charge in [-0.3, -0.25) is 0 Å². The summed E-state index contributed by atoms with van der Waals surface area (Å²) in [5.41, 5.74) is -16.3. The predicted molar refractivity (Wildman–Crippen MR) is 31.5 cm³/mol. The maximum Gasteiger partial charge on any atom is 0.435 e. The van der Waals surface area contributed by atoms with Crippen molar-refractivity contribution < 1.29 is 62.2 Å². The number of alkyl halides is 13. The topological polar surface area (TPSA) is 19.9 Å². The lowest BCUT2D eigenvalue weighted by atomic mass is 9.82. The average Bonchev–Trinajstić information content (AvgIpc) is 2.07. The molecule has 0 aliphatic heterocycles. The van der Waals surface area contributed by atoms with E-state index in [0.717, 1.165) is 0 Å². The quantitative estimate of drug-likeness (QED) is 0.677. The van der Waals surface area contributed by atoms with Crippen LogP contribution in [0.1, 0.15) is 0 Å². The second-order valence-corrected chi connectivity index (χ2v) is 3.33. The van der Waals surface area contributed by atoms with Crippen LogP contribution in [0.2, 0.25) is 0 Å². The van der Waals surface area contributed by atoms with Crippen molar-refractivity contribution in [3.05, 3.63) is 0 Å². The third-order valence-corrected chi connectivity index (χ3v) is 2.05. The molecule has 0 rings (SSSR count). The SMILES string of the molecule is [O]C(F)(F)C(F)(C(F)(F)F)C(F)(C(F)(F)F)C(F)(F)F. The monoisotopic (exact) mass is 335 g/mol. The zero-order valence-corrected chi connectivity index (χ0v) is 8.32. The standard InChI is InChI=1S/C6F13O/c7-1(3(9,10)11,4(12,13)14)2(8,5(15,16)17)6(18,19)20. The molecule has 14 heteroatoms. The lowest BCUT2D eigenvalue weighted by Gasteiger charge is -2.42. The largest absolute Gasteiger partial charge is 0.435 e. The van der Waals surface area contributed by atoms with Crippen molar-refractivity contribution in [2.45, 2.75) is 36.0 Å². The van der Waals surface area contributed by atoms with Gasteiger partial charge in [-0.1, -0.05) is 0 Å². The molecule has 0 heterocycles. The molecule has 0 N–H and O–H groups in total. The van der Waals surface area contributed by atoms with Crippen LogP contribution >= 0.6 is 0 Å². The van der Waals surface area contributed by atoms with Crippen molar-refractivity contribution in [3.8, 4) is 0 Å². The van der Waals surface area contributed by atoms with Gasteiger partial charge in [0.15, 0.2) is 0 Å². The van der Waals surface area contributed by atoms with Crippen LogP contribution in [-0.4, -0.2) is 36.0 Å². The van der Waals surface area contributed by atoms with Crippen molar-refractivity contribution in [1.82, 2.24) is 0 Å². The first-order valence-electron chi connectivity index (χ1n) is 3.91. The summed E-state index contributed by atoms with van der Waals surface area (Å²) in [6.07, 6.45) is -31.1. The van der Waals surface area contributed by atoms with E-state index >= 15 is 0 Å². The fourth-order valence-corrected chi connectivity index (χ4v) is 1.11. The summed E-state index contributed by atoms with van der Waals surface area (Å²) >= 11 is 0. The van der Waals surface area contributed by atoms with Crippen LogP contribution in [0.3, 0.4) is 0 Å². The van der Waals surface area contributed by atoms with Crippen LogP contribution in [-0.2, 0) is 5.11 Å². The first-order chi connectivity index (χ1) is 8.25. The maximum absolute atomic E-state index is 12.8. The van der Waals surface area contributed by atoms with Crippen LogP contribution in [0.25, 0.3) is 0 Å². The van der Waals surface area contributed by atoms with Gasteiger partial charge in [-0.2, -0.15) is 53.4 Å².